The van der Waals surface area contributed by atoms with E-state index in [0.717, 1.165) is 11.1 Å². The van der Waals surface area contributed by atoms with Crippen LogP contribution in [0.3, 0.4) is 0 Å². The van der Waals surface area contributed by atoms with Crippen molar-refractivity contribution >= 4 is 11.8 Å². The zero-order valence-corrected chi connectivity index (χ0v) is 9.69. The molecule has 0 aliphatic heterocycles. The van der Waals surface area contributed by atoms with Crippen LogP contribution in [0.15, 0.2) is 46.9 Å². The fourth-order valence-electron chi connectivity index (χ4n) is 1.23. The lowest BCUT2D eigenvalue weighted by Gasteiger charge is -2.10. The molecular formula is C12H16OS. The van der Waals surface area contributed by atoms with Gasteiger partial charge >= 0.3 is 0 Å². The first kappa shape index (κ1) is 11.3. The van der Waals surface area contributed by atoms with E-state index in [1.807, 2.05) is 18.4 Å². The van der Waals surface area contributed by atoms with Gasteiger partial charge in [-0.25, -0.2) is 0 Å². The Morgan fingerprint density at radius 1 is 1.43 bits per heavy atom. The van der Waals surface area contributed by atoms with Gasteiger partial charge in [0.2, 0.25) is 0 Å². The van der Waals surface area contributed by atoms with Gasteiger partial charge < -0.3 is 5.11 Å². The van der Waals surface area contributed by atoms with Gasteiger partial charge in [0, 0.05) is 0 Å². The number of allylic oxidation sites excluding steroid dienone is 5. The minimum atomic E-state index is -0.858. The minimum Gasteiger partial charge on any atom is -0.382 e. The maximum absolute atomic E-state index is 9.80. The average Bonchev–Trinajstić information content (AvgIpc) is 2.26. The van der Waals surface area contributed by atoms with Crippen molar-refractivity contribution in [1.82, 2.24) is 0 Å². The first-order valence-electron chi connectivity index (χ1n) is 4.51. The van der Waals surface area contributed by atoms with Crippen LogP contribution in [0.5, 0.6) is 0 Å². The van der Waals surface area contributed by atoms with E-state index < -0.39 is 5.60 Å². The summed E-state index contributed by atoms with van der Waals surface area (Å²) in [5, 5.41) is 9.80. The van der Waals surface area contributed by atoms with Crippen LogP contribution < -0.4 is 0 Å². The molecule has 1 aliphatic rings. The largest absolute Gasteiger partial charge is 0.382 e. The summed E-state index contributed by atoms with van der Waals surface area (Å²) in [5.74, 6) is 0. The van der Waals surface area contributed by atoms with Crippen LogP contribution in [0, 0.1) is 0 Å². The molecule has 1 atom stereocenters. The summed E-state index contributed by atoms with van der Waals surface area (Å²) < 4.78 is 0. The summed E-state index contributed by atoms with van der Waals surface area (Å²) in [6.07, 6.45) is 9.39. The lowest BCUT2D eigenvalue weighted by Crippen LogP contribution is -2.15. The standard InChI is InChI=1S/C12H16OS/c1-9-5-7-12(3,13)8-6-11(9)10(2)14-4/h5-8,13H,1H2,2-4H3/b11-10-. The molecule has 1 rings (SSSR count). The zero-order valence-electron chi connectivity index (χ0n) is 8.87. The van der Waals surface area contributed by atoms with E-state index in [2.05, 4.69) is 13.5 Å². The van der Waals surface area contributed by atoms with Crippen molar-refractivity contribution < 1.29 is 5.11 Å². The van der Waals surface area contributed by atoms with Crippen molar-refractivity contribution in [2.75, 3.05) is 6.26 Å². The molecule has 0 spiro atoms. The van der Waals surface area contributed by atoms with Crippen LogP contribution in [0.25, 0.3) is 0 Å². The molecule has 0 heterocycles. The molecule has 1 aliphatic carbocycles. The second kappa shape index (κ2) is 4.20. The second-order valence-corrected chi connectivity index (χ2v) is 4.61. The highest BCUT2D eigenvalue weighted by Gasteiger charge is 2.15. The molecular weight excluding hydrogens is 192 g/mol. The Balaban J connectivity index is 3.15. The molecule has 0 saturated carbocycles. The van der Waals surface area contributed by atoms with Crippen molar-refractivity contribution in [3.05, 3.63) is 46.9 Å². The third-order valence-corrected chi connectivity index (χ3v) is 3.07. The number of hydrogen-bond donors (Lipinski definition) is 1. The van der Waals surface area contributed by atoms with Gasteiger partial charge in [-0.15, -0.1) is 11.8 Å². The number of aliphatic hydroxyl groups is 1. The van der Waals surface area contributed by atoms with E-state index in [0.29, 0.717) is 0 Å². The smallest absolute Gasteiger partial charge is 0.0987 e. The molecule has 76 valence electrons. The topological polar surface area (TPSA) is 20.2 Å². The average molecular weight is 208 g/mol. The lowest BCUT2D eigenvalue weighted by atomic mass is 10.1. The van der Waals surface area contributed by atoms with Gasteiger partial charge in [0.05, 0.1) is 5.60 Å². The molecule has 1 unspecified atom stereocenters. The van der Waals surface area contributed by atoms with Gasteiger partial charge in [-0.2, -0.15) is 0 Å². The number of rotatable bonds is 1. The van der Waals surface area contributed by atoms with E-state index in [4.69, 9.17) is 0 Å². The summed E-state index contributed by atoms with van der Waals surface area (Å²) in [6.45, 7) is 7.78. The predicted octanol–water partition coefficient (Wildman–Crippen LogP) is 3.06. The fourth-order valence-corrected chi connectivity index (χ4v) is 1.65. The van der Waals surface area contributed by atoms with Crippen LogP contribution in [0.1, 0.15) is 13.8 Å². The van der Waals surface area contributed by atoms with Gasteiger partial charge in [0.15, 0.2) is 0 Å². The molecule has 0 bridgehead atoms. The fraction of sp³-hybridized carbons (Fsp3) is 0.333. The van der Waals surface area contributed by atoms with Crippen LogP contribution in [-0.4, -0.2) is 17.0 Å². The van der Waals surface area contributed by atoms with Crippen LogP contribution >= 0.6 is 11.8 Å². The van der Waals surface area contributed by atoms with Crippen LogP contribution in [0.2, 0.25) is 0 Å². The van der Waals surface area contributed by atoms with E-state index in [-0.39, 0.29) is 0 Å². The van der Waals surface area contributed by atoms with E-state index in [1.54, 1.807) is 30.8 Å². The number of hydrogen-bond acceptors (Lipinski definition) is 2. The third kappa shape index (κ3) is 2.63. The maximum Gasteiger partial charge on any atom is 0.0987 e. The van der Waals surface area contributed by atoms with Gasteiger partial charge in [-0.05, 0) is 48.3 Å². The van der Waals surface area contributed by atoms with E-state index in [9.17, 15) is 5.11 Å². The monoisotopic (exact) mass is 208 g/mol. The summed E-state index contributed by atoms with van der Waals surface area (Å²) in [5.41, 5.74) is 1.20. The minimum absolute atomic E-state index is 0.858. The molecule has 0 amide bonds. The van der Waals surface area contributed by atoms with Gasteiger partial charge in [0.25, 0.3) is 0 Å². The molecule has 0 aromatic carbocycles. The summed E-state index contributed by atoms with van der Waals surface area (Å²) in [6, 6.07) is 0. The molecule has 0 fully saturated rings. The third-order valence-electron chi connectivity index (χ3n) is 2.24. The molecule has 1 nitrogen and oxygen atoms in total. The molecule has 0 aromatic heterocycles. The van der Waals surface area contributed by atoms with Crippen molar-refractivity contribution in [3.8, 4) is 0 Å². The van der Waals surface area contributed by atoms with Crippen molar-refractivity contribution in [3.63, 3.8) is 0 Å². The first-order valence-corrected chi connectivity index (χ1v) is 5.74. The Bertz CT molecular complexity index is 332. The highest BCUT2D eigenvalue weighted by Crippen LogP contribution is 2.27. The van der Waals surface area contributed by atoms with Crippen LogP contribution in [0.4, 0.5) is 0 Å². The number of thioether (sulfide) groups is 1. The summed E-state index contributed by atoms with van der Waals surface area (Å²) in [4.78, 5) is 1.22. The zero-order chi connectivity index (χ0) is 10.8. The van der Waals surface area contributed by atoms with E-state index >= 15 is 0 Å². The van der Waals surface area contributed by atoms with Crippen molar-refractivity contribution in [2.24, 2.45) is 0 Å². The summed E-state index contributed by atoms with van der Waals surface area (Å²) in [7, 11) is 0. The van der Waals surface area contributed by atoms with E-state index in [1.165, 1.54) is 4.91 Å². The normalized spacial score (nSPS) is 30.4. The SMILES string of the molecule is C=C1C=CC(C)(O)C=C/C1=C(\C)SC. The Hall–Kier alpha value is -0.730. The van der Waals surface area contributed by atoms with Gasteiger partial charge in [-0.1, -0.05) is 18.7 Å². The molecule has 2 heteroatoms. The van der Waals surface area contributed by atoms with Crippen LogP contribution in [-0.2, 0) is 0 Å². The molecule has 0 radical (unpaired) electrons. The predicted molar refractivity (Wildman–Crippen MR) is 64.3 cm³/mol. The van der Waals surface area contributed by atoms with Crippen molar-refractivity contribution in [1.29, 1.82) is 0 Å². The quantitative estimate of drug-likeness (QED) is 0.714. The molecule has 14 heavy (non-hydrogen) atoms. The second-order valence-electron chi connectivity index (χ2n) is 3.59. The Morgan fingerprint density at radius 2 is 2.00 bits per heavy atom. The summed E-state index contributed by atoms with van der Waals surface area (Å²) >= 11 is 1.70. The van der Waals surface area contributed by atoms with Gasteiger partial charge in [0.1, 0.15) is 0 Å². The molecule has 0 saturated heterocycles. The first-order chi connectivity index (χ1) is 6.46. The Labute approximate surface area is 89.9 Å². The molecule has 0 aromatic rings. The van der Waals surface area contributed by atoms with Gasteiger partial charge in [-0.3, -0.25) is 0 Å². The Morgan fingerprint density at radius 3 is 2.57 bits per heavy atom. The van der Waals surface area contributed by atoms with Crippen molar-refractivity contribution in [2.45, 2.75) is 19.4 Å². The lowest BCUT2D eigenvalue weighted by molar-refractivity contribution is 0.164. The Kier molecular flexibility index (Phi) is 3.40. The maximum atomic E-state index is 9.80. The molecule has 1 N–H and O–H groups in total. The highest BCUT2D eigenvalue weighted by atomic mass is 32.2. The highest BCUT2D eigenvalue weighted by molar-refractivity contribution is 8.02.